The van der Waals surface area contributed by atoms with E-state index >= 15 is 0 Å². The molecular weight excluding hydrogens is 254 g/mol. The first-order chi connectivity index (χ1) is 8.65. The highest BCUT2D eigenvalue weighted by Crippen LogP contribution is 2.32. The Bertz CT molecular complexity index is 450. The Kier molecular flexibility index (Phi) is 4.09. The van der Waals surface area contributed by atoms with Crippen molar-refractivity contribution in [2.24, 2.45) is 0 Å². The number of aliphatic hydroxyl groups excluding tert-OH is 1. The zero-order valence-corrected chi connectivity index (χ0v) is 10.9. The minimum Gasteiger partial charge on any atom is -0.497 e. The largest absolute Gasteiger partial charge is 0.497 e. The molecule has 2 N–H and O–H groups in total. The van der Waals surface area contributed by atoms with E-state index in [2.05, 4.69) is 5.32 Å². The summed E-state index contributed by atoms with van der Waals surface area (Å²) in [4.78, 5) is 11.3. The van der Waals surface area contributed by atoms with E-state index in [9.17, 15) is 9.90 Å². The van der Waals surface area contributed by atoms with Gasteiger partial charge in [0.05, 0.1) is 19.3 Å². The smallest absolute Gasteiger partial charge is 0.235 e. The summed E-state index contributed by atoms with van der Waals surface area (Å²) in [6.07, 6.45) is 0.822. The molecular formula is C13H16ClNO3. The van der Waals surface area contributed by atoms with Gasteiger partial charge in [-0.3, -0.25) is 4.79 Å². The first kappa shape index (κ1) is 13.2. The predicted molar refractivity (Wildman–Crippen MR) is 68.9 cm³/mol. The molecule has 2 rings (SSSR count). The maximum Gasteiger partial charge on any atom is 0.235 e. The van der Waals surface area contributed by atoms with Crippen molar-refractivity contribution in [3.8, 4) is 5.75 Å². The maximum absolute atomic E-state index is 11.3. The van der Waals surface area contributed by atoms with Gasteiger partial charge < -0.3 is 15.2 Å². The first-order valence-electron chi connectivity index (χ1n) is 5.86. The van der Waals surface area contributed by atoms with Crippen LogP contribution in [0.4, 0.5) is 0 Å². The number of benzene rings is 1. The van der Waals surface area contributed by atoms with Crippen LogP contribution < -0.4 is 10.1 Å². The molecule has 1 amide bonds. The first-order valence-corrected chi connectivity index (χ1v) is 6.39. The predicted octanol–water partition coefficient (Wildman–Crippen LogP) is 1.40. The van der Waals surface area contributed by atoms with E-state index in [0.29, 0.717) is 12.2 Å². The molecule has 1 aromatic carbocycles. The fourth-order valence-corrected chi connectivity index (χ4v) is 2.36. The second-order valence-corrected chi connectivity index (χ2v) is 4.62. The quantitative estimate of drug-likeness (QED) is 0.816. The van der Waals surface area contributed by atoms with Crippen LogP contribution in [0.15, 0.2) is 18.2 Å². The highest BCUT2D eigenvalue weighted by atomic mass is 35.5. The van der Waals surface area contributed by atoms with Gasteiger partial charge in [-0.25, -0.2) is 0 Å². The number of alkyl halides is 1. The molecule has 1 aromatic rings. The summed E-state index contributed by atoms with van der Waals surface area (Å²) in [5, 5.41) is 13.0. The molecule has 18 heavy (non-hydrogen) atoms. The molecule has 98 valence electrons. The number of halogens is 1. The van der Waals surface area contributed by atoms with E-state index in [-0.39, 0.29) is 17.8 Å². The minimum atomic E-state index is -0.712. The molecule has 0 saturated heterocycles. The third kappa shape index (κ3) is 2.60. The average molecular weight is 270 g/mol. The average Bonchev–Trinajstić information content (AvgIpc) is 2.41. The fraction of sp³-hybridized carbons (Fsp3) is 0.462. The Morgan fingerprint density at radius 1 is 1.61 bits per heavy atom. The highest BCUT2D eigenvalue weighted by molar-refractivity contribution is 6.27. The van der Waals surface area contributed by atoms with Gasteiger partial charge in [-0.15, -0.1) is 11.6 Å². The number of fused-ring (bicyclic) bond motifs is 1. The third-order valence-corrected chi connectivity index (χ3v) is 3.49. The molecule has 0 bridgehead atoms. The number of amides is 1. The van der Waals surface area contributed by atoms with Gasteiger partial charge in [0.2, 0.25) is 5.91 Å². The van der Waals surface area contributed by atoms with Crippen molar-refractivity contribution < 1.29 is 14.6 Å². The van der Waals surface area contributed by atoms with Crippen LogP contribution in [0.25, 0.3) is 0 Å². The Balaban J connectivity index is 2.20. The van der Waals surface area contributed by atoms with Crippen LogP contribution in [-0.4, -0.2) is 30.0 Å². The van der Waals surface area contributed by atoms with Gasteiger partial charge in [0.1, 0.15) is 11.6 Å². The summed E-state index contributed by atoms with van der Waals surface area (Å²) in [6, 6.07) is 5.37. The van der Waals surface area contributed by atoms with Gasteiger partial charge in [-0.1, -0.05) is 6.07 Å². The lowest BCUT2D eigenvalue weighted by Crippen LogP contribution is -2.42. The lowest BCUT2D eigenvalue weighted by molar-refractivity contribution is -0.120. The molecule has 2 atom stereocenters. The van der Waals surface area contributed by atoms with Crippen LogP contribution >= 0.6 is 11.6 Å². The Hall–Kier alpha value is -1.26. The summed E-state index contributed by atoms with van der Waals surface area (Å²) in [7, 11) is 1.59. The molecule has 0 aromatic heterocycles. The molecule has 1 aliphatic rings. The van der Waals surface area contributed by atoms with Gasteiger partial charge in [-0.05, 0) is 36.1 Å². The fourth-order valence-electron chi connectivity index (χ4n) is 2.29. The van der Waals surface area contributed by atoms with Gasteiger partial charge in [0, 0.05) is 0 Å². The zero-order valence-electron chi connectivity index (χ0n) is 10.1. The molecule has 0 fully saturated rings. The molecule has 0 heterocycles. The normalized spacial score (nSPS) is 22.2. The van der Waals surface area contributed by atoms with Crippen molar-refractivity contribution in [1.29, 1.82) is 0 Å². The lowest BCUT2D eigenvalue weighted by Gasteiger charge is -2.30. The molecule has 0 spiro atoms. The summed E-state index contributed by atoms with van der Waals surface area (Å²) >= 11 is 5.45. The van der Waals surface area contributed by atoms with Gasteiger partial charge in [-0.2, -0.15) is 0 Å². The van der Waals surface area contributed by atoms with Crippen molar-refractivity contribution >= 4 is 17.5 Å². The lowest BCUT2D eigenvalue weighted by atomic mass is 9.85. The Morgan fingerprint density at radius 3 is 3.06 bits per heavy atom. The van der Waals surface area contributed by atoms with Crippen molar-refractivity contribution in [2.75, 3.05) is 13.0 Å². The summed E-state index contributed by atoms with van der Waals surface area (Å²) in [5.41, 5.74) is 1.92. The molecule has 0 saturated carbocycles. The number of hydrogen-bond donors (Lipinski definition) is 2. The van der Waals surface area contributed by atoms with Crippen molar-refractivity contribution in [1.82, 2.24) is 5.32 Å². The number of aryl methyl sites for hydroxylation is 1. The Labute approximate surface area is 111 Å². The number of carbonyl (C=O) groups is 1. The van der Waals surface area contributed by atoms with Crippen LogP contribution in [0.5, 0.6) is 5.75 Å². The number of aliphatic hydroxyl groups is 1. The van der Waals surface area contributed by atoms with Crippen molar-refractivity contribution in [2.45, 2.75) is 25.0 Å². The minimum absolute atomic E-state index is 0.0891. The van der Waals surface area contributed by atoms with Gasteiger partial charge >= 0.3 is 0 Å². The number of nitrogens with one attached hydrogen (secondary N) is 1. The van der Waals surface area contributed by atoms with Crippen LogP contribution in [0.1, 0.15) is 23.7 Å². The van der Waals surface area contributed by atoms with Crippen LogP contribution in [0.2, 0.25) is 0 Å². The maximum atomic E-state index is 11.3. The highest BCUT2D eigenvalue weighted by Gasteiger charge is 2.29. The van der Waals surface area contributed by atoms with E-state index in [0.717, 1.165) is 17.5 Å². The topological polar surface area (TPSA) is 58.6 Å². The SMILES string of the molecule is COc1ccc2c(c1)[C@H](O)[C@@H](NC(=O)CCl)CC2. The number of hydrogen-bond acceptors (Lipinski definition) is 3. The van der Waals surface area contributed by atoms with E-state index in [1.165, 1.54) is 0 Å². The molecule has 0 aliphatic heterocycles. The van der Waals surface area contributed by atoms with Crippen molar-refractivity contribution in [3.05, 3.63) is 29.3 Å². The summed E-state index contributed by atoms with van der Waals surface area (Å²) in [6.45, 7) is 0. The number of ether oxygens (including phenoxy) is 1. The second-order valence-electron chi connectivity index (χ2n) is 4.36. The second kappa shape index (κ2) is 5.59. The zero-order chi connectivity index (χ0) is 13.1. The Morgan fingerprint density at radius 2 is 2.39 bits per heavy atom. The third-order valence-electron chi connectivity index (χ3n) is 3.25. The van der Waals surface area contributed by atoms with E-state index in [1.54, 1.807) is 7.11 Å². The monoisotopic (exact) mass is 269 g/mol. The van der Waals surface area contributed by atoms with Gasteiger partial charge in [0.25, 0.3) is 0 Å². The molecule has 0 unspecified atom stereocenters. The van der Waals surface area contributed by atoms with Gasteiger partial charge in [0.15, 0.2) is 0 Å². The van der Waals surface area contributed by atoms with E-state index in [4.69, 9.17) is 16.3 Å². The van der Waals surface area contributed by atoms with E-state index in [1.807, 2.05) is 18.2 Å². The summed E-state index contributed by atoms with van der Waals surface area (Å²) < 4.78 is 5.15. The molecule has 1 aliphatic carbocycles. The van der Waals surface area contributed by atoms with E-state index < -0.39 is 6.10 Å². The van der Waals surface area contributed by atoms with Crippen LogP contribution in [0.3, 0.4) is 0 Å². The number of methoxy groups -OCH3 is 1. The van der Waals surface area contributed by atoms with Crippen LogP contribution in [0, 0.1) is 0 Å². The number of rotatable bonds is 3. The van der Waals surface area contributed by atoms with Crippen molar-refractivity contribution in [3.63, 3.8) is 0 Å². The standard InChI is InChI=1S/C13H16ClNO3/c1-18-9-4-2-8-3-5-11(15-12(16)7-14)13(17)10(8)6-9/h2,4,6,11,13,17H,3,5,7H2,1H3,(H,15,16)/t11-,13-/m0/s1. The van der Waals surface area contributed by atoms with Crippen LogP contribution in [-0.2, 0) is 11.2 Å². The molecule has 5 heteroatoms. The summed E-state index contributed by atoms with van der Waals surface area (Å²) in [5.74, 6) is 0.359. The molecule has 4 nitrogen and oxygen atoms in total. The number of carbonyl (C=O) groups excluding carboxylic acids is 1. The molecule has 0 radical (unpaired) electrons.